The molecule has 0 saturated heterocycles. The van der Waals surface area contributed by atoms with E-state index >= 15 is 0 Å². The third-order valence-corrected chi connectivity index (χ3v) is 2.56. The standard InChI is InChI=1S/C15H23FN2O3/c1-15(2,3)21-14(20)18-8-4-7-17-10-11-9-12(16)5-6-13(11)19/h5-6,9,17,19H,4,7-8,10H2,1-3H3,(H,18,20). The Labute approximate surface area is 124 Å². The van der Waals surface area contributed by atoms with Crippen LogP contribution < -0.4 is 10.6 Å². The molecule has 0 radical (unpaired) electrons. The van der Waals surface area contributed by atoms with Crippen molar-refractivity contribution < 1.29 is 19.0 Å². The maximum atomic E-state index is 13.0. The number of hydrogen-bond acceptors (Lipinski definition) is 4. The van der Waals surface area contributed by atoms with Crippen molar-refractivity contribution in [1.82, 2.24) is 10.6 Å². The molecule has 0 heterocycles. The van der Waals surface area contributed by atoms with E-state index in [0.29, 0.717) is 31.6 Å². The number of rotatable bonds is 6. The van der Waals surface area contributed by atoms with Crippen molar-refractivity contribution in [2.24, 2.45) is 0 Å². The number of alkyl carbamates (subject to hydrolysis) is 1. The Morgan fingerprint density at radius 2 is 2.05 bits per heavy atom. The lowest BCUT2D eigenvalue weighted by molar-refractivity contribution is 0.0527. The van der Waals surface area contributed by atoms with Crippen molar-refractivity contribution in [3.63, 3.8) is 0 Å². The van der Waals surface area contributed by atoms with E-state index in [1.807, 2.05) is 0 Å². The molecule has 1 aromatic rings. The first-order chi connectivity index (χ1) is 9.78. The molecule has 0 atom stereocenters. The van der Waals surface area contributed by atoms with E-state index < -0.39 is 11.7 Å². The molecule has 1 aromatic carbocycles. The van der Waals surface area contributed by atoms with Gasteiger partial charge in [0, 0.05) is 18.7 Å². The minimum absolute atomic E-state index is 0.0655. The number of aromatic hydroxyl groups is 1. The van der Waals surface area contributed by atoms with Gasteiger partial charge in [0.1, 0.15) is 17.2 Å². The van der Waals surface area contributed by atoms with E-state index in [2.05, 4.69) is 10.6 Å². The van der Waals surface area contributed by atoms with Gasteiger partial charge < -0.3 is 20.5 Å². The normalized spacial score (nSPS) is 11.2. The van der Waals surface area contributed by atoms with Gasteiger partial charge in [0.05, 0.1) is 0 Å². The Hall–Kier alpha value is -1.82. The lowest BCUT2D eigenvalue weighted by Gasteiger charge is -2.19. The molecular weight excluding hydrogens is 275 g/mol. The number of amides is 1. The number of benzene rings is 1. The number of halogens is 1. The van der Waals surface area contributed by atoms with Crippen LogP contribution in [-0.2, 0) is 11.3 Å². The van der Waals surface area contributed by atoms with Crippen LogP contribution in [0.4, 0.5) is 9.18 Å². The molecule has 3 N–H and O–H groups in total. The van der Waals surface area contributed by atoms with Gasteiger partial charge in [-0.05, 0) is 51.9 Å². The topological polar surface area (TPSA) is 70.6 Å². The van der Waals surface area contributed by atoms with Gasteiger partial charge >= 0.3 is 6.09 Å². The molecule has 0 bridgehead atoms. The summed E-state index contributed by atoms with van der Waals surface area (Å²) in [6, 6.07) is 3.83. The van der Waals surface area contributed by atoms with Crippen LogP contribution in [0.25, 0.3) is 0 Å². The zero-order chi connectivity index (χ0) is 15.9. The van der Waals surface area contributed by atoms with Crippen molar-refractivity contribution in [2.75, 3.05) is 13.1 Å². The van der Waals surface area contributed by atoms with E-state index in [9.17, 15) is 14.3 Å². The summed E-state index contributed by atoms with van der Waals surface area (Å²) in [6.07, 6.45) is 0.264. The summed E-state index contributed by atoms with van der Waals surface area (Å²) < 4.78 is 18.1. The first-order valence-corrected chi connectivity index (χ1v) is 6.93. The molecule has 0 aliphatic carbocycles. The second kappa shape index (κ2) is 7.83. The number of hydrogen-bond donors (Lipinski definition) is 3. The molecule has 0 unspecified atom stereocenters. The minimum Gasteiger partial charge on any atom is -0.508 e. The third kappa shape index (κ3) is 7.51. The van der Waals surface area contributed by atoms with Crippen LogP contribution in [0.2, 0.25) is 0 Å². The van der Waals surface area contributed by atoms with Gasteiger partial charge in [-0.3, -0.25) is 0 Å². The summed E-state index contributed by atoms with van der Waals surface area (Å²) in [5.41, 5.74) is 0.00662. The zero-order valence-electron chi connectivity index (χ0n) is 12.7. The maximum absolute atomic E-state index is 13.0. The van der Waals surface area contributed by atoms with Crippen LogP contribution in [0.3, 0.4) is 0 Å². The first kappa shape index (κ1) is 17.2. The van der Waals surface area contributed by atoms with Crippen LogP contribution in [0.5, 0.6) is 5.75 Å². The highest BCUT2D eigenvalue weighted by atomic mass is 19.1. The molecule has 5 nitrogen and oxygen atoms in total. The Bertz CT molecular complexity index is 472. The van der Waals surface area contributed by atoms with Crippen molar-refractivity contribution in [3.8, 4) is 5.75 Å². The number of phenols is 1. The van der Waals surface area contributed by atoms with Crippen LogP contribution in [0.1, 0.15) is 32.8 Å². The van der Waals surface area contributed by atoms with Crippen molar-refractivity contribution in [3.05, 3.63) is 29.6 Å². The second-order valence-corrected chi connectivity index (χ2v) is 5.73. The van der Waals surface area contributed by atoms with E-state index in [1.165, 1.54) is 18.2 Å². The largest absolute Gasteiger partial charge is 0.508 e. The van der Waals surface area contributed by atoms with E-state index in [0.717, 1.165) is 0 Å². The Balaban J connectivity index is 2.15. The zero-order valence-corrected chi connectivity index (χ0v) is 12.7. The summed E-state index contributed by atoms with van der Waals surface area (Å²) in [5.74, 6) is -0.313. The Morgan fingerprint density at radius 1 is 1.33 bits per heavy atom. The number of ether oxygens (including phenoxy) is 1. The average molecular weight is 298 g/mol. The SMILES string of the molecule is CC(C)(C)OC(=O)NCCCNCc1cc(F)ccc1O. The molecule has 0 aliphatic rings. The molecule has 1 amide bonds. The van der Waals surface area contributed by atoms with Crippen molar-refractivity contribution >= 4 is 6.09 Å². The summed E-state index contributed by atoms with van der Waals surface area (Å²) in [4.78, 5) is 11.4. The summed E-state index contributed by atoms with van der Waals surface area (Å²) in [6.45, 7) is 6.90. The average Bonchev–Trinajstić information content (AvgIpc) is 2.35. The highest BCUT2D eigenvalue weighted by molar-refractivity contribution is 5.67. The number of phenolic OH excluding ortho intramolecular Hbond substituents is 1. The van der Waals surface area contributed by atoms with Crippen molar-refractivity contribution in [1.29, 1.82) is 0 Å². The maximum Gasteiger partial charge on any atom is 0.407 e. The van der Waals surface area contributed by atoms with Gasteiger partial charge in [-0.1, -0.05) is 0 Å². The quantitative estimate of drug-likeness (QED) is 0.706. The lowest BCUT2D eigenvalue weighted by atomic mass is 10.2. The van der Waals surface area contributed by atoms with Crippen LogP contribution in [0, 0.1) is 5.82 Å². The van der Waals surface area contributed by atoms with E-state index in [4.69, 9.17) is 4.74 Å². The van der Waals surface area contributed by atoms with Gasteiger partial charge in [0.25, 0.3) is 0 Å². The Morgan fingerprint density at radius 3 is 2.71 bits per heavy atom. The fourth-order valence-electron chi connectivity index (χ4n) is 1.64. The van der Waals surface area contributed by atoms with Crippen LogP contribution >= 0.6 is 0 Å². The Kier molecular flexibility index (Phi) is 6.42. The molecule has 0 spiro atoms. The number of nitrogens with one attached hydrogen (secondary N) is 2. The summed E-state index contributed by atoms with van der Waals surface area (Å²) in [5, 5.41) is 15.3. The molecule has 118 valence electrons. The predicted molar refractivity (Wildman–Crippen MR) is 78.6 cm³/mol. The molecule has 0 aromatic heterocycles. The van der Waals surface area contributed by atoms with E-state index in [1.54, 1.807) is 20.8 Å². The first-order valence-electron chi connectivity index (χ1n) is 6.93. The minimum atomic E-state index is -0.503. The fraction of sp³-hybridized carbons (Fsp3) is 0.533. The monoisotopic (exact) mass is 298 g/mol. The fourth-order valence-corrected chi connectivity index (χ4v) is 1.64. The summed E-state index contributed by atoms with van der Waals surface area (Å²) in [7, 11) is 0. The smallest absolute Gasteiger partial charge is 0.407 e. The van der Waals surface area contributed by atoms with Crippen molar-refractivity contribution in [2.45, 2.75) is 39.3 Å². The van der Waals surface area contributed by atoms with Gasteiger partial charge in [-0.2, -0.15) is 0 Å². The van der Waals surface area contributed by atoms with E-state index in [-0.39, 0.29) is 11.6 Å². The van der Waals surface area contributed by atoms with Gasteiger partial charge in [0.15, 0.2) is 0 Å². The molecule has 0 aliphatic heterocycles. The molecule has 0 fully saturated rings. The van der Waals surface area contributed by atoms with Gasteiger partial charge in [0.2, 0.25) is 0 Å². The van der Waals surface area contributed by atoms with Gasteiger partial charge in [-0.25, -0.2) is 9.18 Å². The number of carbonyl (C=O) groups is 1. The molecular formula is C15H23FN2O3. The predicted octanol–water partition coefficient (Wildman–Crippen LogP) is 2.54. The lowest BCUT2D eigenvalue weighted by Crippen LogP contribution is -2.33. The van der Waals surface area contributed by atoms with Crippen LogP contribution in [0.15, 0.2) is 18.2 Å². The molecule has 21 heavy (non-hydrogen) atoms. The molecule has 0 saturated carbocycles. The number of carbonyl (C=O) groups excluding carboxylic acids is 1. The molecule has 6 heteroatoms. The molecule has 1 rings (SSSR count). The van der Waals surface area contributed by atoms with Crippen LogP contribution in [-0.4, -0.2) is 29.9 Å². The summed E-state index contributed by atoms with van der Waals surface area (Å²) >= 11 is 0. The van der Waals surface area contributed by atoms with Gasteiger partial charge in [-0.15, -0.1) is 0 Å². The third-order valence-electron chi connectivity index (χ3n) is 2.56. The highest BCUT2D eigenvalue weighted by Gasteiger charge is 2.15. The second-order valence-electron chi connectivity index (χ2n) is 5.73. The highest BCUT2D eigenvalue weighted by Crippen LogP contribution is 2.17.